The van der Waals surface area contributed by atoms with Crippen molar-refractivity contribution in [1.82, 2.24) is 0 Å². The fraction of sp³-hybridized carbons (Fsp3) is 0.846. The van der Waals surface area contributed by atoms with E-state index in [1.54, 1.807) is 0 Å². The summed E-state index contributed by atoms with van der Waals surface area (Å²) in [4.78, 5) is 0. The Morgan fingerprint density at radius 1 is 0.500 bits per heavy atom. The molecule has 0 fully saturated rings. The Morgan fingerprint density at radius 3 is 1.42 bits per heavy atom. The summed E-state index contributed by atoms with van der Waals surface area (Å²) >= 11 is 0. The van der Waals surface area contributed by atoms with Gasteiger partial charge in [0.15, 0.2) is 0 Å². The highest BCUT2D eigenvalue weighted by Crippen LogP contribution is 2.18. The maximum Gasteiger partial charge on any atom is -0.0351 e. The van der Waals surface area contributed by atoms with Gasteiger partial charge in [-0.2, -0.15) is 0 Å². The molecule has 0 N–H and O–H groups in total. The summed E-state index contributed by atoms with van der Waals surface area (Å²) < 4.78 is 0. The molecule has 26 heavy (non-hydrogen) atoms. The number of hydrogen-bond donors (Lipinski definition) is 0. The van der Waals surface area contributed by atoms with Crippen LogP contribution in [-0.4, -0.2) is 0 Å². The zero-order valence-corrected chi connectivity index (χ0v) is 18.3. The molecule has 2 radical (unpaired) electrons. The largest absolute Gasteiger partial charge is 0.0885 e. The minimum atomic E-state index is 0.940. The molecule has 0 saturated carbocycles. The molecule has 0 aromatic heterocycles. The lowest BCUT2D eigenvalue weighted by molar-refractivity contribution is 0.434. The number of allylic oxidation sites excluding steroid dienone is 2. The fourth-order valence-corrected chi connectivity index (χ4v) is 3.69. The second kappa shape index (κ2) is 22.8. The van der Waals surface area contributed by atoms with Crippen LogP contribution in [0, 0.1) is 19.8 Å². The van der Waals surface area contributed by atoms with Crippen molar-refractivity contribution in [3.05, 3.63) is 26.0 Å². The Labute approximate surface area is 167 Å². The van der Waals surface area contributed by atoms with E-state index < -0.39 is 0 Å². The maximum atomic E-state index is 3.91. The minimum absolute atomic E-state index is 0.940. The molecular formula is C26H50. The topological polar surface area (TPSA) is 0 Å². The van der Waals surface area contributed by atoms with Crippen LogP contribution in [0.5, 0.6) is 0 Å². The summed E-state index contributed by atoms with van der Waals surface area (Å²) in [7, 11) is 0. The number of unbranched alkanes of at least 4 members (excludes halogenated alkanes) is 15. The lowest BCUT2D eigenvalue weighted by Crippen LogP contribution is -1.95. The van der Waals surface area contributed by atoms with Crippen LogP contribution in [0.2, 0.25) is 0 Å². The van der Waals surface area contributed by atoms with Gasteiger partial charge in [0.1, 0.15) is 0 Å². The molecule has 0 nitrogen and oxygen atoms in total. The van der Waals surface area contributed by atoms with E-state index >= 15 is 0 Å². The van der Waals surface area contributed by atoms with Crippen LogP contribution >= 0.6 is 0 Å². The van der Waals surface area contributed by atoms with Crippen molar-refractivity contribution >= 4 is 0 Å². The molecule has 0 heteroatoms. The first-order valence-corrected chi connectivity index (χ1v) is 12.0. The Balaban J connectivity index is 3.16. The van der Waals surface area contributed by atoms with Crippen LogP contribution in [0.3, 0.4) is 0 Å². The Morgan fingerprint density at radius 2 is 0.923 bits per heavy atom. The Hall–Kier alpha value is -0.260. The third kappa shape index (κ3) is 21.8. The summed E-state index contributed by atoms with van der Waals surface area (Å²) in [6, 6.07) is 0. The highest BCUT2D eigenvalue weighted by molar-refractivity contribution is 4.81. The SMILES string of the molecule is [CH2]CC/C=C/CCCCCC(C)CCCCCCCCCCCCC[CH2]. The van der Waals surface area contributed by atoms with Gasteiger partial charge < -0.3 is 0 Å². The van der Waals surface area contributed by atoms with E-state index in [1.165, 1.54) is 109 Å². The standard InChI is InChI=1S/C26H50/c1-4-6-8-10-12-14-15-16-17-19-21-23-25-26(3)24-22-20-18-13-11-9-7-5-2/h9,11,26H,1-2,4-8,10,12-25H2,3H3/b11-9+. The monoisotopic (exact) mass is 362 g/mol. The highest BCUT2D eigenvalue weighted by Gasteiger charge is 2.02. The van der Waals surface area contributed by atoms with Crippen LogP contribution in [0.1, 0.15) is 135 Å². The van der Waals surface area contributed by atoms with Crippen LogP contribution in [0.15, 0.2) is 12.2 Å². The smallest absolute Gasteiger partial charge is 0.0351 e. The summed E-state index contributed by atoms with van der Waals surface area (Å²) in [5.41, 5.74) is 0. The zero-order chi connectivity index (χ0) is 19.1. The summed E-state index contributed by atoms with van der Waals surface area (Å²) in [6.45, 7) is 10.2. The van der Waals surface area contributed by atoms with E-state index in [4.69, 9.17) is 0 Å². The molecule has 0 heterocycles. The van der Waals surface area contributed by atoms with Gasteiger partial charge in [0.25, 0.3) is 0 Å². The molecule has 0 spiro atoms. The van der Waals surface area contributed by atoms with E-state index in [9.17, 15) is 0 Å². The van der Waals surface area contributed by atoms with Crippen molar-refractivity contribution in [1.29, 1.82) is 0 Å². The first kappa shape index (κ1) is 25.7. The van der Waals surface area contributed by atoms with Crippen molar-refractivity contribution in [3.63, 3.8) is 0 Å². The molecular weight excluding hydrogens is 312 g/mol. The first-order valence-electron chi connectivity index (χ1n) is 12.0. The summed E-state index contributed by atoms with van der Waals surface area (Å²) in [5.74, 6) is 0.940. The predicted octanol–water partition coefficient (Wildman–Crippen LogP) is 9.65. The molecule has 0 saturated heterocycles. The third-order valence-electron chi connectivity index (χ3n) is 5.55. The highest BCUT2D eigenvalue weighted by atomic mass is 14.1. The molecule has 0 rings (SSSR count). The molecule has 1 unspecified atom stereocenters. The van der Waals surface area contributed by atoms with Gasteiger partial charge in [-0.3, -0.25) is 0 Å². The predicted molar refractivity (Wildman–Crippen MR) is 121 cm³/mol. The van der Waals surface area contributed by atoms with Crippen molar-refractivity contribution in [3.8, 4) is 0 Å². The number of rotatable bonds is 21. The van der Waals surface area contributed by atoms with E-state index in [0.717, 1.165) is 25.2 Å². The Kier molecular flexibility index (Phi) is 22.6. The van der Waals surface area contributed by atoms with Crippen molar-refractivity contribution in [2.45, 2.75) is 135 Å². The van der Waals surface area contributed by atoms with Gasteiger partial charge in [-0.1, -0.05) is 136 Å². The van der Waals surface area contributed by atoms with Crippen molar-refractivity contribution < 1.29 is 0 Å². The van der Waals surface area contributed by atoms with Gasteiger partial charge in [0.2, 0.25) is 0 Å². The quantitative estimate of drug-likeness (QED) is 0.141. The van der Waals surface area contributed by atoms with E-state index in [0.29, 0.717) is 0 Å². The van der Waals surface area contributed by atoms with E-state index in [2.05, 4.69) is 32.9 Å². The third-order valence-corrected chi connectivity index (χ3v) is 5.55. The van der Waals surface area contributed by atoms with Gasteiger partial charge in [0.05, 0.1) is 0 Å². The zero-order valence-electron chi connectivity index (χ0n) is 18.3. The van der Waals surface area contributed by atoms with Gasteiger partial charge in [-0.05, 0) is 31.6 Å². The van der Waals surface area contributed by atoms with Crippen LogP contribution in [0.4, 0.5) is 0 Å². The average molecular weight is 363 g/mol. The van der Waals surface area contributed by atoms with Crippen molar-refractivity contribution in [2.24, 2.45) is 5.92 Å². The molecule has 0 aliphatic rings. The molecule has 0 aliphatic carbocycles. The Bertz CT molecular complexity index is 265. The molecule has 0 bridgehead atoms. The van der Waals surface area contributed by atoms with Crippen LogP contribution < -0.4 is 0 Å². The fourth-order valence-electron chi connectivity index (χ4n) is 3.69. The van der Waals surface area contributed by atoms with E-state index in [1.807, 2.05) is 0 Å². The molecule has 0 aromatic carbocycles. The normalized spacial score (nSPS) is 12.9. The number of hydrogen-bond acceptors (Lipinski definition) is 0. The molecule has 154 valence electrons. The van der Waals surface area contributed by atoms with Crippen LogP contribution in [-0.2, 0) is 0 Å². The first-order chi connectivity index (χ1) is 12.8. The lowest BCUT2D eigenvalue weighted by atomic mass is 9.96. The summed E-state index contributed by atoms with van der Waals surface area (Å²) in [5, 5.41) is 0. The molecule has 0 aromatic rings. The summed E-state index contributed by atoms with van der Waals surface area (Å²) in [6.07, 6.45) is 32.2. The van der Waals surface area contributed by atoms with Gasteiger partial charge in [-0.15, -0.1) is 0 Å². The van der Waals surface area contributed by atoms with Gasteiger partial charge in [-0.25, -0.2) is 0 Å². The van der Waals surface area contributed by atoms with Gasteiger partial charge >= 0.3 is 0 Å². The molecule has 1 atom stereocenters. The van der Waals surface area contributed by atoms with Crippen molar-refractivity contribution in [2.75, 3.05) is 0 Å². The molecule has 0 amide bonds. The molecule has 0 aliphatic heterocycles. The van der Waals surface area contributed by atoms with Gasteiger partial charge in [0, 0.05) is 0 Å². The van der Waals surface area contributed by atoms with Crippen LogP contribution in [0.25, 0.3) is 0 Å². The average Bonchev–Trinajstić information content (AvgIpc) is 2.65. The minimum Gasteiger partial charge on any atom is -0.0885 e. The van der Waals surface area contributed by atoms with E-state index in [-0.39, 0.29) is 0 Å². The second-order valence-corrected chi connectivity index (χ2v) is 8.39. The lowest BCUT2D eigenvalue weighted by Gasteiger charge is -2.10. The maximum absolute atomic E-state index is 3.91. The second-order valence-electron chi connectivity index (χ2n) is 8.39.